The molecule has 8 heteroatoms. The van der Waals surface area contributed by atoms with Crippen molar-refractivity contribution < 1.29 is 13.2 Å². The van der Waals surface area contributed by atoms with Crippen molar-refractivity contribution in [3.8, 4) is 0 Å². The first kappa shape index (κ1) is 17.5. The summed E-state index contributed by atoms with van der Waals surface area (Å²) in [6.45, 7) is 3.49. The minimum absolute atomic E-state index is 0.101. The summed E-state index contributed by atoms with van der Waals surface area (Å²) in [5, 5.41) is 3.22. The first-order chi connectivity index (χ1) is 11.8. The van der Waals surface area contributed by atoms with Crippen LogP contribution in [0.2, 0.25) is 0 Å². The Morgan fingerprint density at radius 3 is 2.56 bits per heavy atom. The lowest BCUT2D eigenvalue weighted by atomic mass is 10.1. The van der Waals surface area contributed by atoms with E-state index in [4.69, 9.17) is 0 Å². The zero-order chi connectivity index (χ0) is 18.2. The van der Waals surface area contributed by atoms with Crippen LogP contribution < -0.4 is 10.0 Å². The summed E-state index contributed by atoms with van der Waals surface area (Å²) >= 11 is 1.37. The lowest BCUT2D eigenvalue weighted by Gasteiger charge is -2.12. The van der Waals surface area contributed by atoms with Crippen LogP contribution in [0.15, 0.2) is 41.3 Å². The Morgan fingerprint density at radius 2 is 1.88 bits per heavy atom. The molecule has 3 rings (SSSR count). The molecule has 0 bridgehead atoms. The number of carbonyl (C=O) groups is 1. The summed E-state index contributed by atoms with van der Waals surface area (Å²) in [6.07, 6.45) is 0. The number of rotatable bonds is 4. The van der Waals surface area contributed by atoms with E-state index < -0.39 is 15.9 Å². The van der Waals surface area contributed by atoms with E-state index in [2.05, 4.69) is 15.0 Å². The van der Waals surface area contributed by atoms with E-state index in [0.29, 0.717) is 10.7 Å². The first-order valence-corrected chi connectivity index (χ1v) is 9.83. The van der Waals surface area contributed by atoms with Crippen molar-refractivity contribution in [3.05, 3.63) is 53.1 Å². The number of benzene rings is 2. The molecular formula is C17H17N3O3S2. The highest BCUT2D eigenvalue weighted by Crippen LogP contribution is 2.26. The summed E-state index contributed by atoms with van der Waals surface area (Å²) in [5.74, 6) is -0.394. The fraction of sp³-hybridized carbons (Fsp3) is 0.176. The third kappa shape index (κ3) is 3.41. The molecule has 0 saturated heterocycles. The first-order valence-electron chi connectivity index (χ1n) is 7.53. The van der Waals surface area contributed by atoms with Crippen LogP contribution >= 0.6 is 11.3 Å². The monoisotopic (exact) mass is 375 g/mol. The van der Waals surface area contributed by atoms with Gasteiger partial charge in [-0.15, -0.1) is 0 Å². The number of sulfonamides is 1. The van der Waals surface area contributed by atoms with Crippen LogP contribution in [0.5, 0.6) is 0 Å². The summed E-state index contributed by atoms with van der Waals surface area (Å²) in [7, 11) is -2.30. The number of anilines is 1. The van der Waals surface area contributed by atoms with Gasteiger partial charge in [0.05, 0.1) is 15.1 Å². The average Bonchev–Trinajstić information content (AvgIpc) is 2.99. The molecule has 2 aromatic carbocycles. The Hall–Kier alpha value is -2.29. The molecule has 0 spiro atoms. The van der Waals surface area contributed by atoms with E-state index in [0.717, 1.165) is 15.8 Å². The van der Waals surface area contributed by atoms with Crippen LogP contribution in [0.3, 0.4) is 0 Å². The molecule has 0 aliphatic rings. The molecule has 0 atom stereocenters. The van der Waals surface area contributed by atoms with E-state index in [1.54, 1.807) is 19.9 Å². The highest BCUT2D eigenvalue weighted by molar-refractivity contribution is 7.89. The maximum atomic E-state index is 12.6. The Kier molecular flexibility index (Phi) is 4.59. The van der Waals surface area contributed by atoms with Gasteiger partial charge in [-0.2, -0.15) is 0 Å². The van der Waals surface area contributed by atoms with Gasteiger partial charge in [0.25, 0.3) is 5.91 Å². The Morgan fingerprint density at radius 1 is 1.16 bits per heavy atom. The highest BCUT2D eigenvalue weighted by atomic mass is 32.2. The van der Waals surface area contributed by atoms with Gasteiger partial charge in [0.15, 0.2) is 5.13 Å². The van der Waals surface area contributed by atoms with Crippen molar-refractivity contribution in [3.63, 3.8) is 0 Å². The Bertz CT molecular complexity index is 1040. The Labute approximate surface area is 150 Å². The third-order valence-electron chi connectivity index (χ3n) is 3.95. The van der Waals surface area contributed by atoms with Crippen molar-refractivity contribution in [1.82, 2.24) is 9.71 Å². The topological polar surface area (TPSA) is 88.2 Å². The van der Waals surface area contributed by atoms with Gasteiger partial charge in [-0.1, -0.05) is 23.5 Å². The lowest BCUT2D eigenvalue weighted by Crippen LogP contribution is -2.21. The van der Waals surface area contributed by atoms with E-state index in [1.807, 2.05) is 24.3 Å². The number of carbonyl (C=O) groups excluding carboxylic acids is 1. The molecule has 0 saturated carbocycles. The van der Waals surface area contributed by atoms with Gasteiger partial charge in [-0.05, 0) is 56.3 Å². The number of nitrogens with one attached hydrogen (secondary N) is 2. The number of thiazole rings is 1. The van der Waals surface area contributed by atoms with Crippen LogP contribution in [0.25, 0.3) is 10.2 Å². The predicted octanol–water partition coefficient (Wildman–Crippen LogP) is 3.07. The number of hydrogen-bond acceptors (Lipinski definition) is 5. The fourth-order valence-corrected chi connectivity index (χ4v) is 4.37. The maximum Gasteiger partial charge on any atom is 0.257 e. The number of fused-ring (bicyclic) bond motifs is 1. The zero-order valence-corrected chi connectivity index (χ0v) is 15.6. The molecule has 1 aromatic heterocycles. The summed E-state index contributed by atoms with van der Waals surface area (Å²) < 4.78 is 27.6. The van der Waals surface area contributed by atoms with Crippen LogP contribution in [0.1, 0.15) is 21.5 Å². The van der Waals surface area contributed by atoms with E-state index in [-0.39, 0.29) is 10.5 Å². The molecule has 0 aliphatic heterocycles. The Balaban J connectivity index is 1.97. The second-order valence-corrected chi connectivity index (χ2v) is 8.45. The fourth-order valence-electron chi connectivity index (χ4n) is 2.44. The minimum Gasteiger partial charge on any atom is -0.298 e. The summed E-state index contributed by atoms with van der Waals surface area (Å²) in [4.78, 5) is 17.0. The molecule has 1 amide bonds. The summed E-state index contributed by atoms with van der Waals surface area (Å²) in [5.41, 5.74) is 2.43. The molecule has 1 heterocycles. The molecule has 0 aliphatic carbocycles. The minimum atomic E-state index is -3.64. The number of para-hydroxylation sites is 1. The summed E-state index contributed by atoms with van der Waals surface area (Å²) in [6, 6.07) is 10.6. The molecule has 3 aromatic rings. The molecule has 2 N–H and O–H groups in total. The van der Waals surface area contributed by atoms with Gasteiger partial charge in [0.2, 0.25) is 10.0 Å². The largest absolute Gasteiger partial charge is 0.298 e. The van der Waals surface area contributed by atoms with Gasteiger partial charge in [0, 0.05) is 5.56 Å². The molecular weight excluding hydrogens is 358 g/mol. The molecule has 0 fully saturated rings. The average molecular weight is 375 g/mol. The van der Waals surface area contributed by atoms with Crippen LogP contribution in [0.4, 0.5) is 5.13 Å². The van der Waals surface area contributed by atoms with Crippen LogP contribution in [0, 0.1) is 13.8 Å². The third-order valence-corrected chi connectivity index (χ3v) is 6.45. The SMILES string of the molecule is CNS(=O)(=O)c1cc(C(=O)Nc2nc3ccccc3s2)cc(C)c1C. The maximum absolute atomic E-state index is 12.6. The quantitative estimate of drug-likeness (QED) is 0.733. The smallest absolute Gasteiger partial charge is 0.257 e. The van der Waals surface area contributed by atoms with Crippen LogP contribution in [-0.4, -0.2) is 26.4 Å². The second-order valence-electron chi connectivity index (χ2n) is 5.56. The lowest BCUT2D eigenvalue weighted by molar-refractivity contribution is 0.102. The normalized spacial score (nSPS) is 11.6. The number of amides is 1. The van der Waals surface area contributed by atoms with E-state index >= 15 is 0 Å². The van der Waals surface area contributed by atoms with Crippen LogP contribution in [-0.2, 0) is 10.0 Å². The van der Waals surface area contributed by atoms with Gasteiger partial charge in [-0.25, -0.2) is 18.1 Å². The molecule has 25 heavy (non-hydrogen) atoms. The van der Waals surface area contributed by atoms with E-state index in [1.165, 1.54) is 24.5 Å². The number of hydrogen-bond donors (Lipinski definition) is 2. The standard InChI is InChI=1S/C17H17N3O3S2/c1-10-8-12(9-15(11(10)2)25(22,23)18-3)16(21)20-17-19-13-6-4-5-7-14(13)24-17/h4-9,18H,1-3H3,(H,19,20,21). The van der Waals surface area contributed by atoms with Gasteiger partial charge in [-0.3, -0.25) is 10.1 Å². The van der Waals surface area contributed by atoms with Gasteiger partial charge >= 0.3 is 0 Å². The highest BCUT2D eigenvalue weighted by Gasteiger charge is 2.20. The van der Waals surface area contributed by atoms with Gasteiger partial charge < -0.3 is 0 Å². The van der Waals surface area contributed by atoms with Crippen molar-refractivity contribution in [2.24, 2.45) is 0 Å². The number of aromatic nitrogens is 1. The van der Waals surface area contributed by atoms with Crippen molar-refractivity contribution in [1.29, 1.82) is 0 Å². The van der Waals surface area contributed by atoms with Crippen molar-refractivity contribution in [2.45, 2.75) is 18.7 Å². The molecule has 0 radical (unpaired) electrons. The van der Waals surface area contributed by atoms with Gasteiger partial charge in [0.1, 0.15) is 0 Å². The molecule has 0 unspecified atom stereocenters. The molecule has 6 nitrogen and oxygen atoms in total. The van der Waals surface area contributed by atoms with Crippen molar-refractivity contribution >= 4 is 42.6 Å². The molecule has 130 valence electrons. The zero-order valence-electron chi connectivity index (χ0n) is 14.0. The number of aryl methyl sites for hydroxylation is 1. The van der Waals surface area contributed by atoms with E-state index in [9.17, 15) is 13.2 Å². The second kappa shape index (κ2) is 6.55. The van der Waals surface area contributed by atoms with Crippen molar-refractivity contribution in [2.75, 3.05) is 12.4 Å². The number of nitrogens with zero attached hydrogens (tertiary/aromatic N) is 1. The predicted molar refractivity (Wildman–Crippen MR) is 99.7 cm³/mol.